The zero-order chi connectivity index (χ0) is 40.1. The van der Waals surface area contributed by atoms with Crippen LogP contribution in [0.4, 0.5) is 5.13 Å². The number of aromatic nitrogens is 3. The fourth-order valence-corrected chi connectivity index (χ4v) is 7.93. The number of thioether (sulfide) groups is 1. The number of nitrogens with two attached hydrogens (primary N) is 1. The van der Waals surface area contributed by atoms with Crippen LogP contribution in [-0.4, -0.2) is 122 Å². The first-order valence-corrected chi connectivity index (χ1v) is 18.9. The molecule has 0 unspecified atom stereocenters. The monoisotopic (exact) mass is 802 g/mol. The van der Waals surface area contributed by atoms with E-state index in [0.29, 0.717) is 30.6 Å². The standard InChI is InChI=1S/C33H38N8O12S2/c1-3-5-6-7-39(12-17-27(46)16-8-20(42)21(43)9-19(16)40(4-2)37-17)11-15-13-54-30-25(29(48)41(30)26(15)32(51)52)36-28(47)24(18-14-55-33(34)35-18)38-53-22(31(49)50)10-23(44)45/h8-9,14,22,25,30,42-43H,3-7,10-13H2,1-2H3,(H2,34,35)(H,36,47)(H,44,45)(H,49,50)(H,51,52)/b38-24-/t22-,25+,30+/m0/s1. The van der Waals surface area contributed by atoms with Crippen molar-refractivity contribution < 1.29 is 54.3 Å². The highest BCUT2D eigenvalue weighted by Gasteiger charge is 2.54. The number of rotatable bonds is 18. The Morgan fingerprint density at radius 2 is 1.84 bits per heavy atom. The number of phenols is 2. The van der Waals surface area contributed by atoms with Crippen LogP contribution in [0, 0.1) is 0 Å². The molecule has 8 N–H and O–H groups in total. The molecule has 0 spiro atoms. The number of anilines is 1. The number of unbranched alkanes of at least 4 members (excludes halogenated alkanes) is 2. The third-order valence-electron chi connectivity index (χ3n) is 8.71. The molecular weight excluding hydrogens is 765 g/mol. The van der Waals surface area contributed by atoms with E-state index in [1.807, 2.05) is 11.8 Å². The summed E-state index contributed by atoms with van der Waals surface area (Å²) in [4.78, 5) is 87.7. The Morgan fingerprint density at radius 1 is 1.11 bits per heavy atom. The van der Waals surface area contributed by atoms with Gasteiger partial charge in [-0.2, -0.15) is 5.10 Å². The predicted octanol–water partition coefficient (Wildman–Crippen LogP) is 0.946. The molecule has 0 saturated carbocycles. The molecule has 55 heavy (non-hydrogen) atoms. The van der Waals surface area contributed by atoms with E-state index in [0.717, 1.165) is 29.1 Å². The molecule has 2 aliphatic heterocycles. The number of aliphatic carboxylic acids is 3. The van der Waals surface area contributed by atoms with Gasteiger partial charge in [0.2, 0.25) is 11.5 Å². The average Bonchev–Trinajstić information content (AvgIpc) is 3.56. The molecule has 4 heterocycles. The molecule has 2 aliphatic rings. The van der Waals surface area contributed by atoms with Gasteiger partial charge in [-0.15, -0.1) is 23.1 Å². The highest BCUT2D eigenvalue weighted by atomic mass is 32.2. The molecule has 1 saturated heterocycles. The second kappa shape index (κ2) is 17.2. The largest absolute Gasteiger partial charge is 0.504 e. The van der Waals surface area contributed by atoms with E-state index in [9.17, 15) is 49.2 Å². The van der Waals surface area contributed by atoms with Crippen molar-refractivity contribution in [2.24, 2.45) is 5.16 Å². The van der Waals surface area contributed by atoms with E-state index in [1.54, 1.807) is 6.92 Å². The van der Waals surface area contributed by atoms with Gasteiger partial charge in [0, 0.05) is 36.8 Å². The van der Waals surface area contributed by atoms with Gasteiger partial charge in [-0.1, -0.05) is 24.9 Å². The Bertz CT molecular complexity index is 2150. The van der Waals surface area contributed by atoms with Crippen LogP contribution in [-0.2, 0) is 41.9 Å². The zero-order valence-corrected chi connectivity index (χ0v) is 31.1. The maximum Gasteiger partial charge on any atom is 0.352 e. The number of thiazole rings is 1. The Kier molecular flexibility index (Phi) is 12.6. The van der Waals surface area contributed by atoms with Crippen LogP contribution >= 0.6 is 23.1 Å². The molecule has 3 atom stereocenters. The molecule has 1 aromatic carbocycles. The second-order valence-corrected chi connectivity index (χ2v) is 14.5. The van der Waals surface area contributed by atoms with E-state index in [1.165, 1.54) is 34.0 Å². The maximum absolute atomic E-state index is 13.6. The topological polar surface area (TPSA) is 300 Å². The predicted molar refractivity (Wildman–Crippen MR) is 197 cm³/mol. The third-order valence-corrected chi connectivity index (χ3v) is 10.7. The molecule has 1 fully saturated rings. The van der Waals surface area contributed by atoms with Crippen molar-refractivity contribution in [3.05, 3.63) is 50.4 Å². The fourth-order valence-electron chi connectivity index (χ4n) is 6.05. The van der Waals surface area contributed by atoms with Gasteiger partial charge >= 0.3 is 17.9 Å². The summed E-state index contributed by atoms with van der Waals surface area (Å²) in [5.74, 6) is -7.07. The van der Waals surface area contributed by atoms with Crippen molar-refractivity contribution in [3.8, 4) is 11.5 Å². The number of carboxylic acids is 3. The van der Waals surface area contributed by atoms with Gasteiger partial charge in [-0.3, -0.25) is 33.7 Å². The maximum atomic E-state index is 13.6. The lowest BCUT2D eigenvalue weighted by Gasteiger charge is -2.49. The van der Waals surface area contributed by atoms with Gasteiger partial charge < -0.3 is 41.4 Å². The van der Waals surface area contributed by atoms with E-state index >= 15 is 0 Å². The minimum Gasteiger partial charge on any atom is -0.504 e. The number of aromatic hydroxyl groups is 2. The van der Waals surface area contributed by atoms with E-state index < -0.39 is 76.3 Å². The van der Waals surface area contributed by atoms with Crippen LogP contribution in [0.25, 0.3) is 10.9 Å². The van der Waals surface area contributed by atoms with Crippen LogP contribution in [0.15, 0.2) is 38.7 Å². The lowest BCUT2D eigenvalue weighted by Crippen LogP contribution is -2.71. The van der Waals surface area contributed by atoms with Crippen molar-refractivity contribution in [3.63, 3.8) is 0 Å². The number of hydrogen-bond acceptors (Lipinski definition) is 16. The summed E-state index contributed by atoms with van der Waals surface area (Å²) in [6.45, 7) is 4.69. The van der Waals surface area contributed by atoms with Gasteiger partial charge in [-0.25, -0.2) is 14.6 Å². The van der Waals surface area contributed by atoms with Crippen LogP contribution in [0.2, 0.25) is 0 Å². The highest BCUT2D eigenvalue weighted by molar-refractivity contribution is 8.00. The smallest absolute Gasteiger partial charge is 0.352 e. The Labute approximate surface area is 319 Å². The number of nitrogen functional groups attached to an aromatic ring is 1. The Hall–Kier alpha value is -5.74. The average molecular weight is 803 g/mol. The molecule has 22 heteroatoms. The SMILES string of the molecule is CCCCCN(CC1=C(C(=O)O)N2C(=O)[C@@H](NC(=O)/C(=N\O[C@@H](CC(=O)O)C(=O)O)c3csc(N)n3)[C@H]2SC1)Cc1nn(CC)c2cc(O)c(O)cc2c1=O. The molecule has 2 amide bonds. The number of nitrogens with one attached hydrogen (secondary N) is 1. The van der Waals surface area contributed by atoms with Crippen LogP contribution in [0.5, 0.6) is 11.5 Å². The number of phenolic OH excluding ortho intramolecular Hbond substituents is 2. The lowest BCUT2D eigenvalue weighted by molar-refractivity contribution is -0.156. The highest BCUT2D eigenvalue weighted by Crippen LogP contribution is 2.41. The van der Waals surface area contributed by atoms with Gasteiger partial charge in [0.15, 0.2) is 22.3 Å². The minimum absolute atomic E-state index is 0.0117. The summed E-state index contributed by atoms with van der Waals surface area (Å²) >= 11 is 2.11. The number of oxime groups is 1. The number of fused-ring (bicyclic) bond motifs is 2. The Morgan fingerprint density at radius 3 is 2.45 bits per heavy atom. The number of carbonyl (C=O) groups excluding carboxylic acids is 2. The van der Waals surface area contributed by atoms with Crippen molar-refractivity contribution in [1.29, 1.82) is 0 Å². The van der Waals surface area contributed by atoms with Crippen LogP contribution in [0.1, 0.15) is 50.9 Å². The molecule has 5 rings (SSSR count). The molecule has 0 bridgehead atoms. The Balaban J connectivity index is 1.39. The number of carbonyl (C=O) groups is 5. The molecule has 294 valence electrons. The summed E-state index contributed by atoms with van der Waals surface area (Å²) in [7, 11) is 0. The van der Waals surface area contributed by atoms with Gasteiger partial charge in [0.1, 0.15) is 28.5 Å². The second-order valence-electron chi connectivity index (χ2n) is 12.5. The lowest BCUT2D eigenvalue weighted by atomic mass is 10.0. The van der Waals surface area contributed by atoms with Gasteiger partial charge in [-0.05, 0) is 31.5 Å². The summed E-state index contributed by atoms with van der Waals surface area (Å²) in [6, 6.07) is 1.20. The number of amides is 2. The van der Waals surface area contributed by atoms with Gasteiger partial charge in [0.05, 0.1) is 17.3 Å². The summed E-state index contributed by atoms with van der Waals surface area (Å²) < 4.78 is 1.53. The summed E-state index contributed by atoms with van der Waals surface area (Å²) in [5, 5.41) is 60.1. The first kappa shape index (κ1) is 40.4. The quantitative estimate of drug-likeness (QED) is 0.0310. The number of nitrogens with zero attached hydrogens (tertiary/aromatic N) is 6. The van der Waals surface area contributed by atoms with E-state index in [-0.39, 0.29) is 46.4 Å². The first-order valence-electron chi connectivity index (χ1n) is 16.9. The zero-order valence-electron chi connectivity index (χ0n) is 29.5. The van der Waals surface area contributed by atoms with Crippen molar-refractivity contribution in [1.82, 2.24) is 29.9 Å². The fraction of sp³-hybridized carbons (Fsp3) is 0.424. The van der Waals surface area contributed by atoms with Crippen molar-refractivity contribution in [2.45, 2.75) is 70.1 Å². The van der Waals surface area contributed by atoms with Crippen LogP contribution < -0.4 is 16.5 Å². The first-order chi connectivity index (χ1) is 26.1. The van der Waals surface area contributed by atoms with Gasteiger partial charge in [0.25, 0.3) is 11.8 Å². The molecule has 3 aromatic rings. The number of benzene rings is 1. The summed E-state index contributed by atoms with van der Waals surface area (Å²) in [5.41, 5.74) is 5.07. The molecule has 20 nitrogen and oxygen atoms in total. The van der Waals surface area contributed by atoms with E-state index in [2.05, 4.69) is 20.6 Å². The van der Waals surface area contributed by atoms with E-state index in [4.69, 9.17) is 15.7 Å². The molecule has 2 aromatic heterocycles. The third kappa shape index (κ3) is 8.81. The number of β-lactam (4-membered cyclic amide) rings is 1. The molecular formula is C33H38N8O12S2. The van der Waals surface area contributed by atoms with Crippen molar-refractivity contribution >= 4 is 74.6 Å². The number of aryl methyl sites for hydroxylation is 1. The normalized spacial score (nSPS) is 17.5. The van der Waals surface area contributed by atoms with Crippen LogP contribution in [0.3, 0.4) is 0 Å². The number of hydrogen-bond donors (Lipinski definition) is 7. The minimum atomic E-state index is -1.96. The number of carboxylic acid groups (broad SMARTS) is 3. The molecule has 0 radical (unpaired) electrons. The van der Waals surface area contributed by atoms with Crippen molar-refractivity contribution in [2.75, 3.05) is 24.6 Å². The molecule has 0 aliphatic carbocycles. The summed E-state index contributed by atoms with van der Waals surface area (Å²) in [6.07, 6.45) is -0.482.